The lowest BCUT2D eigenvalue weighted by Gasteiger charge is -2.50. The summed E-state index contributed by atoms with van der Waals surface area (Å²) in [7, 11) is 0. The highest BCUT2D eigenvalue weighted by molar-refractivity contribution is 6.18. The van der Waals surface area contributed by atoms with Gasteiger partial charge in [-0.05, 0) is 43.9 Å². The predicted molar refractivity (Wildman–Crippen MR) is 130 cm³/mol. The number of aromatic hydroxyl groups is 1. The summed E-state index contributed by atoms with van der Waals surface area (Å²) in [6, 6.07) is 14.5. The standard InChI is InChI=1S/C29H32O6/c1-4-29(3,34-15-17-9-6-5-7-10-17)22-14-21(31)23-16(2)13-19-25(28(23)35-22)27(33)24-18(26(19)32)11-8-12-20(24)30/h5-12,19,21-22,25,28,30-31H,4,13-15H2,1-3H3/t19-,21+,22+,25+,28+,29?/m0/s1. The van der Waals surface area contributed by atoms with Gasteiger partial charge in [0, 0.05) is 17.9 Å². The van der Waals surface area contributed by atoms with Crippen molar-refractivity contribution in [2.75, 3.05) is 0 Å². The zero-order chi connectivity index (χ0) is 24.9. The zero-order valence-corrected chi connectivity index (χ0v) is 20.4. The third-order valence-corrected chi connectivity index (χ3v) is 8.18. The molecule has 1 saturated heterocycles. The van der Waals surface area contributed by atoms with Crippen molar-refractivity contribution in [3.8, 4) is 5.75 Å². The van der Waals surface area contributed by atoms with E-state index in [2.05, 4.69) is 0 Å². The smallest absolute Gasteiger partial charge is 0.174 e. The van der Waals surface area contributed by atoms with Crippen LogP contribution in [0.15, 0.2) is 59.7 Å². The molecule has 0 aromatic heterocycles. The average molecular weight is 477 g/mol. The van der Waals surface area contributed by atoms with E-state index in [1.807, 2.05) is 51.1 Å². The molecule has 2 N–H and O–H groups in total. The minimum atomic E-state index is -0.792. The van der Waals surface area contributed by atoms with Gasteiger partial charge in [0.05, 0.1) is 42.0 Å². The number of benzene rings is 2. The molecule has 0 spiro atoms. The Morgan fingerprint density at radius 1 is 1.09 bits per heavy atom. The number of aliphatic hydroxyl groups is 1. The van der Waals surface area contributed by atoms with E-state index in [1.165, 1.54) is 6.07 Å². The van der Waals surface area contributed by atoms with E-state index in [1.54, 1.807) is 12.1 Å². The maximum absolute atomic E-state index is 13.7. The van der Waals surface area contributed by atoms with Crippen molar-refractivity contribution in [2.45, 2.75) is 70.6 Å². The number of fused-ring (bicyclic) bond motifs is 4. The molecule has 35 heavy (non-hydrogen) atoms. The van der Waals surface area contributed by atoms with Crippen molar-refractivity contribution < 1.29 is 29.3 Å². The molecule has 1 unspecified atom stereocenters. The van der Waals surface area contributed by atoms with Gasteiger partial charge in [-0.15, -0.1) is 0 Å². The molecule has 0 amide bonds. The molecular formula is C29H32O6. The highest BCUT2D eigenvalue weighted by atomic mass is 16.6. The summed E-state index contributed by atoms with van der Waals surface area (Å²) in [6.45, 7) is 6.30. The molecule has 3 aliphatic rings. The molecule has 1 aliphatic heterocycles. The number of Topliss-reactive ketones (excluding diaryl/α,β-unsaturated/α-hetero) is 2. The van der Waals surface area contributed by atoms with Crippen LogP contribution in [0.4, 0.5) is 0 Å². The van der Waals surface area contributed by atoms with Crippen LogP contribution in [0.2, 0.25) is 0 Å². The second-order valence-corrected chi connectivity index (χ2v) is 10.2. The first-order valence-electron chi connectivity index (χ1n) is 12.4. The van der Waals surface area contributed by atoms with Gasteiger partial charge in [0.1, 0.15) is 5.75 Å². The van der Waals surface area contributed by atoms with E-state index in [4.69, 9.17) is 9.47 Å². The number of carbonyl (C=O) groups excluding carboxylic acids is 2. The van der Waals surface area contributed by atoms with Gasteiger partial charge in [-0.25, -0.2) is 0 Å². The fourth-order valence-corrected chi connectivity index (χ4v) is 6.00. The van der Waals surface area contributed by atoms with Gasteiger partial charge in [0.2, 0.25) is 0 Å². The Kier molecular flexibility index (Phi) is 6.16. The highest BCUT2D eigenvalue weighted by Gasteiger charge is 2.55. The van der Waals surface area contributed by atoms with E-state index in [-0.39, 0.29) is 28.4 Å². The van der Waals surface area contributed by atoms with Crippen LogP contribution in [0.5, 0.6) is 5.75 Å². The third kappa shape index (κ3) is 3.94. The van der Waals surface area contributed by atoms with Gasteiger partial charge in [-0.1, -0.05) is 55.0 Å². The SMILES string of the molecule is CCC(C)(OCc1ccccc1)[C@H]1C[C@@H](O)C2=C(C)C[C@@H]3C(=O)c4cccc(O)c4C(=O)[C@@H]3[C@@H]2O1. The number of ketones is 2. The molecule has 2 aliphatic carbocycles. The summed E-state index contributed by atoms with van der Waals surface area (Å²) in [5.41, 5.74) is 2.27. The minimum absolute atomic E-state index is 0.0662. The fraction of sp³-hybridized carbons (Fsp3) is 0.448. The first-order valence-corrected chi connectivity index (χ1v) is 12.4. The lowest BCUT2D eigenvalue weighted by molar-refractivity contribution is -0.191. The quantitative estimate of drug-likeness (QED) is 0.612. The Balaban J connectivity index is 1.49. The molecule has 2 aromatic carbocycles. The summed E-state index contributed by atoms with van der Waals surface area (Å²) < 4.78 is 13.0. The van der Waals surface area contributed by atoms with E-state index in [0.717, 1.165) is 11.1 Å². The largest absolute Gasteiger partial charge is 0.507 e. The molecule has 0 bridgehead atoms. The van der Waals surface area contributed by atoms with Crippen LogP contribution in [0.25, 0.3) is 0 Å². The van der Waals surface area contributed by atoms with Gasteiger partial charge < -0.3 is 19.7 Å². The van der Waals surface area contributed by atoms with E-state index in [0.29, 0.717) is 31.4 Å². The minimum Gasteiger partial charge on any atom is -0.507 e. The van der Waals surface area contributed by atoms with Crippen LogP contribution in [0.3, 0.4) is 0 Å². The van der Waals surface area contributed by atoms with Crippen LogP contribution < -0.4 is 0 Å². The molecule has 1 fully saturated rings. The van der Waals surface area contributed by atoms with Crippen LogP contribution in [-0.4, -0.2) is 45.7 Å². The number of carbonyl (C=O) groups is 2. The lowest BCUT2D eigenvalue weighted by Crippen LogP contribution is -2.57. The number of allylic oxidation sites excluding steroid dienone is 1. The molecular weight excluding hydrogens is 444 g/mol. The van der Waals surface area contributed by atoms with Crippen LogP contribution in [-0.2, 0) is 16.1 Å². The molecule has 184 valence electrons. The maximum atomic E-state index is 13.7. The number of ether oxygens (including phenoxy) is 2. The van der Waals surface area contributed by atoms with Crippen LogP contribution in [0, 0.1) is 11.8 Å². The van der Waals surface area contributed by atoms with Gasteiger partial charge in [-0.2, -0.15) is 0 Å². The number of rotatable bonds is 5. The summed E-state index contributed by atoms with van der Waals surface area (Å²) in [5, 5.41) is 21.7. The van der Waals surface area contributed by atoms with Crippen molar-refractivity contribution in [1.29, 1.82) is 0 Å². The lowest BCUT2D eigenvalue weighted by atomic mass is 9.62. The Morgan fingerprint density at radius 3 is 2.54 bits per heavy atom. The van der Waals surface area contributed by atoms with E-state index < -0.39 is 35.7 Å². The van der Waals surface area contributed by atoms with Crippen molar-refractivity contribution in [3.05, 3.63) is 76.4 Å². The van der Waals surface area contributed by atoms with Gasteiger partial charge in [0.15, 0.2) is 11.6 Å². The van der Waals surface area contributed by atoms with Crippen molar-refractivity contribution >= 4 is 11.6 Å². The summed E-state index contributed by atoms with van der Waals surface area (Å²) in [6.07, 6.45) is -0.606. The molecule has 6 atom stereocenters. The maximum Gasteiger partial charge on any atom is 0.174 e. The Morgan fingerprint density at radius 2 is 1.83 bits per heavy atom. The number of aliphatic hydroxyl groups excluding tert-OH is 1. The predicted octanol–water partition coefficient (Wildman–Crippen LogP) is 4.63. The number of hydrogen-bond donors (Lipinski definition) is 2. The second kappa shape index (κ2) is 9.01. The summed E-state index contributed by atoms with van der Waals surface area (Å²) in [4.78, 5) is 27.1. The Bertz CT molecular complexity index is 1180. The van der Waals surface area contributed by atoms with Crippen molar-refractivity contribution in [2.24, 2.45) is 11.8 Å². The van der Waals surface area contributed by atoms with E-state index >= 15 is 0 Å². The van der Waals surface area contributed by atoms with Gasteiger partial charge in [0.25, 0.3) is 0 Å². The normalized spacial score (nSPS) is 29.8. The highest BCUT2D eigenvalue weighted by Crippen LogP contribution is 2.49. The van der Waals surface area contributed by atoms with Gasteiger partial charge in [-0.3, -0.25) is 9.59 Å². The van der Waals surface area contributed by atoms with Crippen LogP contribution in [0.1, 0.15) is 66.3 Å². The summed E-state index contributed by atoms with van der Waals surface area (Å²) >= 11 is 0. The van der Waals surface area contributed by atoms with Gasteiger partial charge >= 0.3 is 0 Å². The second-order valence-electron chi connectivity index (χ2n) is 10.2. The summed E-state index contributed by atoms with van der Waals surface area (Å²) in [5.74, 6) is -2.00. The monoisotopic (exact) mass is 476 g/mol. The first-order chi connectivity index (χ1) is 16.7. The molecule has 5 rings (SSSR count). The number of hydrogen-bond acceptors (Lipinski definition) is 6. The Labute approximate surface area is 205 Å². The topological polar surface area (TPSA) is 93.1 Å². The third-order valence-electron chi connectivity index (χ3n) is 8.18. The van der Waals surface area contributed by atoms with Crippen molar-refractivity contribution in [1.82, 2.24) is 0 Å². The molecule has 6 heteroatoms. The van der Waals surface area contributed by atoms with Crippen molar-refractivity contribution in [3.63, 3.8) is 0 Å². The molecule has 0 saturated carbocycles. The molecule has 0 radical (unpaired) electrons. The number of phenols is 1. The molecule has 1 heterocycles. The Hall–Kier alpha value is -2.80. The van der Waals surface area contributed by atoms with Crippen LogP contribution >= 0.6 is 0 Å². The van der Waals surface area contributed by atoms with E-state index in [9.17, 15) is 19.8 Å². The molecule has 2 aromatic rings. The first kappa shape index (κ1) is 23.9. The average Bonchev–Trinajstić information content (AvgIpc) is 2.85. The number of phenolic OH excluding ortho intramolecular Hbond substituents is 1. The fourth-order valence-electron chi connectivity index (χ4n) is 6.00. The molecule has 6 nitrogen and oxygen atoms in total. The zero-order valence-electron chi connectivity index (χ0n) is 20.4.